The number of carboxylic acid groups (broad SMARTS) is 1. The van der Waals surface area contributed by atoms with Gasteiger partial charge in [0.1, 0.15) is 4.21 Å². The van der Waals surface area contributed by atoms with Gasteiger partial charge in [0, 0.05) is 12.5 Å². The van der Waals surface area contributed by atoms with Crippen molar-refractivity contribution in [3.8, 4) is 0 Å². The van der Waals surface area contributed by atoms with E-state index in [0.717, 1.165) is 11.3 Å². The number of aliphatic carboxylic acids is 1. The van der Waals surface area contributed by atoms with Crippen LogP contribution in [0.15, 0.2) is 14.1 Å². The van der Waals surface area contributed by atoms with Crippen LogP contribution in [-0.2, 0) is 14.8 Å². The summed E-state index contributed by atoms with van der Waals surface area (Å²) in [5, 5.41) is 8.86. The molecule has 108 valence electrons. The molecular formula is C10H13BrClNO4S2. The van der Waals surface area contributed by atoms with Crippen molar-refractivity contribution in [1.82, 2.24) is 4.72 Å². The molecule has 0 aliphatic heterocycles. The van der Waals surface area contributed by atoms with Crippen molar-refractivity contribution in [3.05, 3.63) is 14.9 Å². The summed E-state index contributed by atoms with van der Waals surface area (Å²) in [5.41, 5.74) is 0. The summed E-state index contributed by atoms with van der Waals surface area (Å²) < 4.78 is 27.2. The molecule has 1 aromatic rings. The van der Waals surface area contributed by atoms with Crippen LogP contribution in [0.2, 0.25) is 5.02 Å². The molecule has 0 aliphatic rings. The molecule has 1 rings (SSSR count). The van der Waals surface area contributed by atoms with E-state index in [1.165, 1.54) is 6.07 Å². The van der Waals surface area contributed by atoms with Gasteiger partial charge in [-0.05, 0) is 41.8 Å². The first-order valence-electron chi connectivity index (χ1n) is 5.41. The smallest absolute Gasteiger partial charge is 0.303 e. The second-order valence-corrected chi connectivity index (χ2v) is 8.71. The summed E-state index contributed by atoms with van der Waals surface area (Å²) in [6.45, 7) is 1.70. The van der Waals surface area contributed by atoms with Gasteiger partial charge in [-0.1, -0.05) is 11.6 Å². The topological polar surface area (TPSA) is 83.5 Å². The summed E-state index contributed by atoms with van der Waals surface area (Å²) in [4.78, 5) is 10.4. The SMILES string of the molecule is CC(CCCC(=O)O)NS(=O)(=O)c1cc(Cl)c(Br)s1. The van der Waals surface area contributed by atoms with Gasteiger partial charge >= 0.3 is 5.97 Å². The molecule has 0 bridgehead atoms. The van der Waals surface area contributed by atoms with Crippen molar-refractivity contribution in [2.75, 3.05) is 0 Å². The van der Waals surface area contributed by atoms with E-state index in [9.17, 15) is 13.2 Å². The number of halogens is 2. The van der Waals surface area contributed by atoms with E-state index in [2.05, 4.69) is 20.7 Å². The Labute approximate surface area is 129 Å². The lowest BCUT2D eigenvalue weighted by molar-refractivity contribution is -0.137. The lowest BCUT2D eigenvalue weighted by Crippen LogP contribution is -2.32. The Hall–Kier alpha value is -0.150. The number of thiophene rings is 1. The quantitative estimate of drug-likeness (QED) is 0.749. The summed E-state index contributed by atoms with van der Waals surface area (Å²) in [5.74, 6) is -0.885. The van der Waals surface area contributed by atoms with Crippen molar-refractivity contribution in [2.45, 2.75) is 36.4 Å². The fourth-order valence-electron chi connectivity index (χ4n) is 1.40. The molecular weight excluding hydrogens is 378 g/mol. The average Bonchev–Trinajstić information content (AvgIpc) is 2.58. The molecule has 5 nitrogen and oxygen atoms in total. The van der Waals surface area contributed by atoms with Crippen LogP contribution in [0.25, 0.3) is 0 Å². The van der Waals surface area contributed by atoms with Crippen LogP contribution in [-0.4, -0.2) is 25.5 Å². The molecule has 1 atom stereocenters. The average molecular weight is 391 g/mol. The van der Waals surface area contributed by atoms with Crippen molar-refractivity contribution in [3.63, 3.8) is 0 Å². The fourth-order valence-corrected chi connectivity index (χ4v) is 5.09. The molecule has 0 aliphatic carbocycles. The highest BCUT2D eigenvalue weighted by atomic mass is 79.9. The van der Waals surface area contributed by atoms with Gasteiger partial charge in [0.15, 0.2) is 0 Å². The molecule has 1 heterocycles. The molecule has 9 heteroatoms. The third-order valence-electron chi connectivity index (χ3n) is 2.27. The van der Waals surface area contributed by atoms with Crippen LogP contribution >= 0.6 is 38.9 Å². The zero-order valence-corrected chi connectivity index (χ0v) is 14.0. The number of hydrogen-bond donors (Lipinski definition) is 2. The van der Waals surface area contributed by atoms with E-state index in [-0.39, 0.29) is 16.7 Å². The highest BCUT2D eigenvalue weighted by Gasteiger charge is 2.21. The van der Waals surface area contributed by atoms with Crippen molar-refractivity contribution < 1.29 is 18.3 Å². The monoisotopic (exact) mass is 389 g/mol. The van der Waals surface area contributed by atoms with Crippen LogP contribution in [0.5, 0.6) is 0 Å². The second-order valence-electron chi connectivity index (χ2n) is 4.00. The predicted octanol–water partition coefficient (Wildman–Crippen LogP) is 3.09. The Morgan fingerprint density at radius 1 is 1.63 bits per heavy atom. The van der Waals surface area contributed by atoms with Gasteiger partial charge < -0.3 is 5.11 Å². The molecule has 0 spiro atoms. The van der Waals surface area contributed by atoms with E-state index < -0.39 is 16.0 Å². The van der Waals surface area contributed by atoms with E-state index >= 15 is 0 Å². The van der Waals surface area contributed by atoms with Crippen molar-refractivity contribution in [2.24, 2.45) is 0 Å². The number of sulfonamides is 1. The minimum Gasteiger partial charge on any atom is -0.481 e. The van der Waals surface area contributed by atoms with Crippen molar-refractivity contribution >= 4 is 54.9 Å². The van der Waals surface area contributed by atoms with Gasteiger partial charge in [-0.25, -0.2) is 13.1 Å². The van der Waals surface area contributed by atoms with E-state index in [1.807, 2.05) is 0 Å². The van der Waals surface area contributed by atoms with Crippen LogP contribution in [0.1, 0.15) is 26.2 Å². The number of rotatable bonds is 7. The number of hydrogen-bond acceptors (Lipinski definition) is 4. The molecule has 0 fully saturated rings. The maximum atomic E-state index is 12.0. The Morgan fingerprint density at radius 3 is 2.74 bits per heavy atom. The normalized spacial score (nSPS) is 13.4. The summed E-state index contributed by atoms with van der Waals surface area (Å²) in [7, 11) is -3.61. The van der Waals surface area contributed by atoms with Gasteiger partial charge in [-0.3, -0.25) is 4.79 Å². The molecule has 1 aromatic heterocycles. The van der Waals surface area contributed by atoms with E-state index in [4.69, 9.17) is 16.7 Å². The molecule has 0 saturated heterocycles. The first-order valence-corrected chi connectivity index (χ1v) is 8.88. The van der Waals surface area contributed by atoms with Crippen LogP contribution in [0.3, 0.4) is 0 Å². The lowest BCUT2D eigenvalue weighted by atomic mass is 10.1. The third-order valence-corrected chi connectivity index (χ3v) is 6.81. The van der Waals surface area contributed by atoms with Gasteiger partial charge in [0.25, 0.3) is 0 Å². The Balaban J connectivity index is 2.61. The van der Waals surface area contributed by atoms with Gasteiger partial charge in [0.05, 0.1) is 8.81 Å². The van der Waals surface area contributed by atoms with Gasteiger partial charge in [-0.2, -0.15) is 0 Å². The van der Waals surface area contributed by atoms with E-state index in [1.54, 1.807) is 6.92 Å². The number of carbonyl (C=O) groups is 1. The largest absolute Gasteiger partial charge is 0.481 e. The molecule has 0 saturated carbocycles. The zero-order valence-electron chi connectivity index (χ0n) is 10.0. The standard InChI is InChI=1S/C10H13BrClNO4S2/c1-6(3-2-4-8(14)15)13-19(16,17)9-5-7(12)10(11)18-9/h5-6,13H,2-4H2,1H3,(H,14,15). The highest BCUT2D eigenvalue weighted by molar-refractivity contribution is 9.11. The maximum Gasteiger partial charge on any atom is 0.303 e. The lowest BCUT2D eigenvalue weighted by Gasteiger charge is -2.12. The molecule has 1 unspecified atom stereocenters. The third kappa shape index (κ3) is 5.39. The van der Waals surface area contributed by atoms with Gasteiger partial charge in [-0.15, -0.1) is 11.3 Å². The molecule has 19 heavy (non-hydrogen) atoms. The fraction of sp³-hybridized carbons (Fsp3) is 0.500. The maximum absolute atomic E-state index is 12.0. The Bertz CT molecular complexity index is 538. The summed E-state index contributed by atoms with van der Waals surface area (Å²) in [6, 6.07) is 1.05. The summed E-state index contributed by atoms with van der Waals surface area (Å²) >= 11 is 9.99. The van der Waals surface area contributed by atoms with Crippen LogP contribution in [0.4, 0.5) is 0 Å². The minimum atomic E-state index is -3.61. The second kappa shape index (κ2) is 7.03. The van der Waals surface area contributed by atoms with Crippen molar-refractivity contribution in [1.29, 1.82) is 0 Å². The summed E-state index contributed by atoms with van der Waals surface area (Å²) in [6.07, 6.45) is 0.919. The first-order chi connectivity index (χ1) is 8.72. The first kappa shape index (κ1) is 16.9. The number of carboxylic acids is 1. The Kier molecular flexibility index (Phi) is 6.25. The highest BCUT2D eigenvalue weighted by Crippen LogP contribution is 2.34. The predicted molar refractivity (Wildman–Crippen MR) is 78.3 cm³/mol. The molecule has 0 aromatic carbocycles. The molecule has 0 radical (unpaired) electrons. The minimum absolute atomic E-state index is 0.0302. The van der Waals surface area contributed by atoms with E-state index in [0.29, 0.717) is 21.7 Å². The van der Waals surface area contributed by atoms with Crippen LogP contribution in [0, 0.1) is 0 Å². The zero-order chi connectivity index (χ0) is 14.6. The molecule has 0 amide bonds. The number of nitrogens with one attached hydrogen (secondary N) is 1. The van der Waals surface area contributed by atoms with Gasteiger partial charge in [0.2, 0.25) is 10.0 Å². The molecule has 2 N–H and O–H groups in total. The van der Waals surface area contributed by atoms with Crippen LogP contribution < -0.4 is 4.72 Å². The Morgan fingerprint density at radius 2 is 2.26 bits per heavy atom.